The van der Waals surface area contributed by atoms with Crippen molar-refractivity contribution in [3.63, 3.8) is 0 Å². The van der Waals surface area contributed by atoms with Crippen LogP contribution in [-0.4, -0.2) is 23.0 Å². The van der Waals surface area contributed by atoms with E-state index in [1.165, 1.54) is 19.2 Å². The number of nitrogens with zero attached hydrogens (tertiary/aromatic N) is 2. The second kappa shape index (κ2) is 9.65. The number of hydrogen-bond acceptors (Lipinski definition) is 6. The van der Waals surface area contributed by atoms with Crippen LogP contribution in [0.15, 0.2) is 77.6 Å². The lowest BCUT2D eigenvalue weighted by Crippen LogP contribution is -2.15. The molecule has 0 aliphatic carbocycles. The van der Waals surface area contributed by atoms with Gasteiger partial charge in [-0.25, -0.2) is 4.98 Å². The lowest BCUT2D eigenvalue weighted by Gasteiger charge is -2.12. The van der Waals surface area contributed by atoms with Crippen molar-refractivity contribution in [3.8, 4) is 17.1 Å². The average molecular weight is 468 g/mol. The number of benzene rings is 2. The summed E-state index contributed by atoms with van der Waals surface area (Å²) >= 11 is 0. The van der Waals surface area contributed by atoms with Gasteiger partial charge in [0.15, 0.2) is 5.76 Å². The van der Waals surface area contributed by atoms with E-state index in [2.05, 4.69) is 20.6 Å². The van der Waals surface area contributed by atoms with E-state index in [1.807, 2.05) is 0 Å². The summed E-state index contributed by atoms with van der Waals surface area (Å²) in [5.74, 6) is 0.654. The van der Waals surface area contributed by atoms with Gasteiger partial charge in [-0.1, -0.05) is 12.1 Å². The van der Waals surface area contributed by atoms with Gasteiger partial charge in [-0.3, -0.25) is 9.78 Å². The van der Waals surface area contributed by atoms with E-state index in [0.29, 0.717) is 28.4 Å². The number of nitrogens with one attached hydrogen (secondary N) is 2. The van der Waals surface area contributed by atoms with E-state index in [-0.39, 0.29) is 18.3 Å². The number of oxazole rings is 1. The van der Waals surface area contributed by atoms with Crippen LogP contribution in [0.2, 0.25) is 0 Å². The number of anilines is 3. The van der Waals surface area contributed by atoms with Gasteiger partial charge in [0.1, 0.15) is 5.75 Å². The highest BCUT2D eigenvalue weighted by molar-refractivity contribution is 5.93. The Morgan fingerprint density at radius 1 is 1.06 bits per heavy atom. The monoisotopic (exact) mass is 468 g/mol. The molecule has 0 saturated heterocycles. The van der Waals surface area contributed by atoms with Gasteiger partial charge in [0.2, 0.25) is 5.91 Å². The fourth-order valence-corrected chi connectivity index (χ4v) is 3.18. The first-order valence-corrected chi connectivity index (χ1v) is 10.1. The first-order chi connectivity index (χ1) is 16.3. The maximum absolute atomic E-state index is 12.7. The van der Waals surface area contributed by atoms with Crippen molar-refractivity contribution in [2.45, 2.75) is 12.6 Å². The Labute approximate surface area is 192 Å². The third-order valence-corrected chi connectivity index (χ3v) is 4.84. The normalized spacial score (nSPS) is 11.2. The molecule has 0 radical (unpaired) electrons. The zero-order valence-electron chi connectivity index (χ0n) is 17.9. The lowest BCUT2D eigenvalue weighted by molar-refractivity contribution is -0.137. The first kappa shape index (κ1) is 22.8. The number of alkyl halides is 3. The highest BCUT2D eigenvalue weighted by Gasteiger charge is 2.30. The Balaban J connectivity index is 1.45. The number of rotatable bonds is 7. The van der Waals surface area contributed by atoms with Crippen molar-refractivity contribution >= 4 is 23.3 Å². The minimum atomic E-state index is -4.42. The molecule has 2 N–H and O–H groups in total. The fraction of sp³-hybridized carbons (Fsp3) is 0.125. The van der Waals surface area contributed by atoms with Crippen LogP contribution >= 0.6 is 0 Å². The zero-order chi connectivity index (χ0) is 24.1. The van der Waals surface area contributed by atoms with E-state index in [0.717, 1.165) is 17.7 Å². The standard InChI is InChI=1S/C24H19F3N4O3/c1-33-20-7-6-18(30-22(32)12-15-2-4-17(5-3-15)24(25,26)27)13-19(20)31-23-29-14-21(34-23)16-8-10-28-11-9-16/h2-11,13-14H,12H2,1H3,(H,29,31)(H,30,32). The van der Waals surface area contributed by atoms with Crippen LogP contribution in [0.1, 0.15) is 11.1 Å². The number of hydrogen-bond donors (Lipinski definition) is 2. The van der Waals surface area contributed by atoms with E-state index >= 15 is 0 Å². The molecule has 0 aliphatic heterocycles. The maximum Gasteiger partial charge on any atom is 0.416 e. The quantitative estimate of drug-likeness (QED) is 0.362. The zero-order valence-corrected chi connectivity index (χ0v) is 17.9. The van der Waals surface area contributed by atoms with Crippen molar-refractivity contribution in [1.29, 1.82) is 0 Å². The van der Waals surface area contributed by atoms with Crippen molar-refractivity contribution in [2.75, 3.05) is 17.7 Å². The smallest absolute Gasteiger partial charge is 0.416 e. The predicted molar refractivity (Wildman–Crippen MR) is 120 cm³/mol. The molecule has 0 aliphatic rings. The van der Waals surface area contributed by atoms with Gasteiger partial charge in [0.25, 0.3) is 6.01 Å². The minimum absolute atomic E-state index is 0.0814. The summed E-state index contributed by atoms with van der Waals surface area (Å²) in [6.07, 6.45) is 0.354. The van der Waals surface area contributed by atoms with Gasteiger partial charge in [0.05, 0.1) is 31.0 Å². The molecule has 1 amide bonds. The van der Waals surface area contributed by atoms with Gasteiger partial charge >= 0.3 is 6.18 Å². The Bertz CT molecular complexity index is 1270. The summed E-state index contributed by atoms with van der Waals surface area (Å²) < 4.78 is 49.2. The van der Waals surface area contributed by atoms with Crippen molar-refractivity contribution in [1.82, 2.24) is 9.97 Å². The topological polar surface area (TPSA) is 89.3 Å². The molecular formula is C24H19F3N4O3. The molecule has 2 aromatic heterocycles. The summed E-state index contributed by atoms with van der Waals surface area (Å²) in [6.45, 7) is 0. The van der Waals surface area contributed by atoms with Gasteiger partial charge in [-0.15, -0.1) is 0 Å². The summed E-state index contributed by atoms with van der Waals surface area (Å²) in [5, 5.41) is 5.75. The van der Waals surface area contributed by atoms with Gasteiger partial charge in [0, 0.05) is 23.6 Å². The summed E-state index contributed by atoms with van der Waals surface area (Å²) in [7, 11) is 1.50. The van der Waals surface area contributed by atoms with Crippen LogP contribution in [0.3, 0.4) is 0 Å². The van der Waals surface area contributed by atoms with Crippen LogP contribution in [0.4, 0.5) is 30.6 Å². The summed E-state index contributed by atoms with van der Waals surface area (Å²) in [4.78, 5) is 20.6. The van der Waals surface area contributed by atoms with Crippen LogP contribution in [0.25, 0.3) is 11.3 Å². The van der Waals surface area contributed by atoms with Gasteiger partial charge in [-0.2, -0.15) is 13.2 Å². The maximum atomic E-state index is 12.7. The molecule has 4 rings (SSSR count). The molecule has 0 bridgehead atoms. The van der Waals surface area contributed by atoms with Gasteiger partial charge in [-0.05, 0) is 48.0 Å². The van der Waals surface area contributed by atoms with Crippen LogP contribution in [-0.2, 0) is 17.4 Å². The van der Waals surface area contributed by atoms with E-state index in [9.17, 15) is 18.0 Å². The van der Waals surface area contributed by atoms with E-state index in [1.54, 1.807) is 48.9 Å². The molecule has 4 aromatic rings. The number of ether oxygens (including phenoxy) is 1. The molecule has 34 heavy (non-hydrogen) atoms. The largest absolute Gasteiger partial charge is 0.495 e. The second-order valence-corrected chi connectivity index (χ2v) is 7.23. The molecule has 0 spiro atoms. The Kier molecular flexibility index (Phi) is 6.48. The molecule has 10 heteroatoms. The number of aromatic nitrogens is 2. The molecule has 0 unspecified atom stereocenters. The Morgan fingerprint density at radius 3 is 2.47 bits per heavy atom. The number of methoxy groups -OCH3 is 1. The number of pyridine rings is 1. The molecule has 174 valence electrons. The van der Waals surface area contributed by atoms with Crippen LogP contribution in [0.5, 0.6) is 5.75 Å². The number of carbonyl (C=O) groups excluding carboxylic acids is 1. The lowest BCUT2D eigenvalue weighted by atomic mass is 10.1. The fourth-order valence-electron chi connectivity index (χ4n) is 3.18. The molecule has 0 saturated carbocycles. The molecule has 2 aromatic carbocycles. The molecular weight excluding hydrogens is 449 g/mol. The third-order valence-electron chi connectivity index (χ3n) is 4.84. The number of amides is 1. The Morgan fingerprint density at radius 2 is 1.79 bits per heavy atom. The minimum Gasteiger partial charge on any atom is -0.495 e. The second-order valence-electron chi connectivity index (χ2n) is 7.23. The highest BCUT2D eigenvalue weighted by Crippen LogP contribution is 2.32. The first-order valence-electron chi connectivity index (χ1n) is 10.1. The van der Waals surface area contributed by atoms with E-state index < -0.39 is 11.7 Å². The third kappa shape index (κ3) is 5.52. The summed E-state index contributed by atoms with van der Waals surface area (Å²) in [6, 6.07) is 13.2. The van der Waals surface area contributed by atoms with Crippen molar-refractivity contribution in [2.24, 2.45) is 0 Å². The number of carbonyl (C=O) groups is 1. The Hall–Kier alpha value is -4.34. The average Bonchev–Trinajstić information content (AvgIpc) is 3.28. The van der Waals surface area contributed by atoms with Crippen molar-refractivity contribution < 1.29 is 27.1 Å². The van der Waals surface area contributed by atoms with Crippen LogP contribution in [0, 0.1) is 0 Å². The van der Waals surface area contributed by atoms with Crippen LogP contribution < -0.4 is 15.4 Å². The number of halogens is 3. The molecule has 7 nitrogen and oxygen atoms in total. The summed E-state index contributed by atoms with van der Waals surface area (Å²) in [5.41, 5.74) is 1.47. The highest BCUT2D eigenvalue weighted by atomic mass is 19.4. The van der Waals surface area contributed by atoms with Crippen molar-refractivity contribution in [3.05, 3.63) is 84.3 Å². The molecule has 0 atom stereocenters. The SMILES string of the molecule is COc1ccc(NC(=O)Cc2ccc(C(F)(F)F)cc2)cc1Nc1ncc(-c2ccncc2)o1. The van der Waals surface area contributed by atoms with E-state index in [4.69, 9.17) is 9.15 Å². The molecule has 2 heterocycles. The predicted octanol–water partition coefficient (Wildman–Crippen LogP) is 5.69. The molecule has 0 fully saturated rings. The van der Waals surface area contributed by atoms with Gasteiger partial charge < -0.3 is 19.8 Å².